The van der Waals surface area contributed by atoms with Crippen LogP contribution in [0.4, 0.5) is 34.1 Å². The predicted molar refractivity (Wildman–Crippen MR) is 329 cm³/mol. The molecule has 0 bridgehead atoms. The lowest BCUT2D eigenvalue weighted by atomic mass is 9.31. The summed E-state index contributed by atoms with van der Waals surface area (Å²) in [4.78, 5) is 5.21. The van der Waals surface area contributed by atoms with E-state index in [4.69, 9.17) is 0 Å². The quantitative estimate of drug-likeness (QED) is 0.161. The number of hydrogen-bond donors (Lipinski definition) is 0. The molecule has 0 atom stereocenters. The summed E-state index contributed by atoms with van der Waals surface area (Å²) in [5.74, 6) is 0. The van der Waals surface area contributed by atoms with E-state index in [2.05, 4.69) is 272 Å². The Morgan fingerprint density at radius 3 is 1.01 bits per heavy atom. The standard InChI is InChI=1S/C70H64B2N4/c1-67(2,3)41-29-31-55-47(33-41)49-35-43(69(7,8)9)37-53-65(49)75(55)59-27-19-25-57-63(59)71(53)51-39-62-52(40-61(51)73(57)45-21-15-13-16-22-45)72-54-38-44(70(10,11)12)36-50-48-34-42(68(4,5)6)30-32-56(48)76(66(50)54)60-28-20-26-58(64(60)72)74(62)46-23-17-14-18-24-46/h13-40H,1-12H3. The molecule has 370 valence electrons. The van der Waals surface area contributed by atoms with Gasteiger partial charge in [0.25, 0.3) is 13.4 Å². The summed E-state index contributed by atoms with van der Waals surface area (Å²) < 4.78 is 5.24. The van der Waals surface area contributed by atoms with E-state index < -0.39 is 0 Å². The normalized spacial score (nSPS) is 14.5. The molecular formula is C70H64B2N4. The van der Waals surface area contributed by atoms with E-state index in [0.717, 1.165) is 11.4 Å². The summed E-state index contributed by atoms with van der Waals surface area (Å²) >= 11 is 0. The molecule has 0 unspecified atom stereocenters. The molecule has 4 nitrogen and oxygen atoms in total. The van der Waals surface area contributed by atoms with Gasteiger partial charge < -0.3 is 18.9 Å². The molecule has 0 saturated heterocycles. The van der Waals surface area contributed by atoms with Gasteiger partial charge in [-0.2, -0.15) is 0 Å². The maximum Gasteiger partial charge on any atom is 0.252 e. The number of anilines is 6. The van der Waals surface area contributed by atoms with Crippen molar-refractivity contribution in [1.82, 2.24) is 9.13 Å². The highest BCUT2D eigenvalue weighted by atomic mass is 15.2. The van der Waals surface area contributed by atoms with Crippen LogP contribution in [-0.4, -0.2) is 22.6 Å². The van der Waals surface area contributed by atoms with Crippen molar-refractivity contribution in [1.29, 1.82) is 0 Å². The molecule has 0 saturated carbocycles. The van der Waals surface area contributed by atoms with Gasteiger partial charge in [0.2, 0.25) is 0 Å². The average Bonchev–Trinajstić information content (AvgIpc) is 4.08. The molecule has 0 radical (unpaired) electrons. The summed E-state index contributed by atoms with van der Waals surface area (Å²) in [6.07, 6.45) is 0. The maximum atomic E-state index is 2.64. The van der Waals surface area contributed by atoms with Crippen molar-refractivity contribution in [2.45, 2.75) is 105 Å². The van der Waals surface area contributed by atoms with Crippen molar-refractivity contribution in [2.24, 2.45) is 0 Å². The Bertz CT molecular complexity index is 4060. The van der Waals surface area contributed by atoms with Gasteiger partial charge in [0.1, 0.15) is 0 Å². The fourth-order valence-corrected chi connectivity index (χ4v) is 13.9. The largest absolute Gasteiger partial charge is 0.311 e. The Morgan fingerprint density at radius 1 is 0.289 bits per heavy atom. The van der Waals surface area contributed by atoms with Crippen LogP contribution in [-0.2, 0) is 21.7 Å². The van der Waals surface area contributed by atoms with Crippen molar-refractivity contribution < 1.29 is 0 Å². The second-order valence-corrected chi connectivity index (χ2v) is 26.7. The van der Waals surface area contributed by atoms with Gasteiger partial charge >= 0.3 is 0 Å². The minimum atomic E-state index is -0.0832. The number of para-hydroxylation sites is 2. The molecule has 4 aliphatic heterocycles. The summed E-state index contributed by atoms with van der Waals surface area (Å²) in [7, 11) is 0. The molecule has 9 aromatic carbocycles. The number of aromatic nitrogens is 2. The van der Waals surface area contributed by atoms with E-state index in [1.165, 1.54) is 133 Å². The smallest absolute Gasteiger partial charge is 0.252 e. The van der Waals surface area contributed by atoms with E-state index >= 15 is 0 Å². The van der Waals surface area contributed by atoms with Crippen LogP contribution in [0.3, 0.4) is 0 Å². The first-order chi connectivity index (χ1) is 36.3. The van der Waals surface area contributed by atoms with Crippen molar-refractivity contribution >= 4 is 124 Å². The van der Waals surface area contributed by atoms with Gasteiger partial charge in [-0.25, -0.2) is 0 Å². The van der Waals surface area contributed by atoms with Crippen molar-refractivity contribution in [3.05, 3.63) is 192 Å². The van der Waals surface area contributed by atoms with Crippen molar-refractivity contribution in [3.8, 4) is 11.4 Å². The Kier molecular flexibility index (Phi) is 9.04. The van der Waals surface area contributed by atoms with Crippen LogP contribution in [0.1, 0.15) is 105 Å². The molecule has 0 N–H and O–H groups in total. The van der Waals surface area contributed by atoms with Crippen LogP contribution in [0.5, 0.6) is 0 Å². The number of benzene rings is 9. The van der Waals surface area contributed by atoms with Crippen molar-refractivity contribution in [3.63, 3.8) is 0 Å². The minimum absolute atomic E-state index is 0.00649. The second kappa shape index (κ2) is 15.0. The highest BCUT2D eigenvalue weighted by Crippen LogP contribution is 2.47. The van der Waals surface area contributed by atoms with Gasteiger partial charge in [-0.15, -0.1) is 0 Å². The van der Waals surface area contributed by atoms with E-state index in [0.29, 0.717) is 0 Å². The lowest BCUT2D eigenvalue weighted by molar-refractivity contribution is 0.590. The highest BCUT2D eigenvalue weighted by Gasteiger charge is 2.48. The zero-order valence-corrected chi connectivity index (χ0v) is 46.1. The predicted octanol–water partition coefficient (Wildman–Crippen LogP) is 14.3. The molecule has 0 amide bonds. The first kappa shape index (κ1) is 45.7. The molecule has 0 spiro atoms. The van der Waals surface area contributed by atoms with E-state index in [1.807, 2.05) is 0 Å². The molecule has 0 fully saturated rings. The summed E-state index contributed by atoms with van der Waals surface area (Å²) in [5.41, 5.74) is 28.4. The molecule has 0 aliphatic carbocycles. The fourth-order valence-electron chi connectivity index (χ4n) is 13.9. The fraction of sp³-hybridized carbons (Fsp3) is 0.229. The molecular weight excluding hydrogens is 918 g/mol. The van der Waals surface area contributed by atoms with Crippen LogP contribution >= 0.6 is 0 Å². The molecule has 15 rings (SSSR count). The van der Waals surface area contributed by atoms with Gasteiger partial charge in [-0.3, -0.25) is 0 Å². The number of nitrogens with zero attached hydrogens (tertiary/aromatic N) is 4. The Labute approximate surface area is 448 Å². The first-order valence-corrected chi connectivity index (χ1v) is 27.7. The van der Waals surface area contributed by atoms with Crippen LogP contribution < -0.4 is 42.6 Å². The van der Waals surface area contributed by atoms with Crippen LogP contribution in [0, 0.1) is 0 Å². The lowest BCUT2D eigenvalue weighted by Gasteiger charge is -2.44. The number of fused-ring (bicyclic) bond motifs is 14. The van der Waals surface area contributed by atoms with Gasteiger partial charge in [-0.05, 0) is 174 Å². The van der Waals surface area contributed by atoms with E-state index in [9.17, 15) is 0 Å². The van der Waals surface area contributed by atoms with Crippen LogP contribution in [0.2, 0.25) is 0 Å². The topological polar surface area (TPSA) is 16.3 Å². The highest BCUT2D eigenvalue weighted by molar-refractivity contribution is 7.02. The van der Waals surface area contributed by atoms with Crippen molar-refractivity contribution in [2.75, 3.05) is 9.80 Å². The third kappa shape index (κ3) is 6.16. The second-order valence-electron chi connectivity index (χ2n) is 26.7. The van der Waals surface area contributed by atoms with Crippen LogP contribution in [0.25, 0.3) is 55.0 Å². The molecule has 6 heterocycles. The Hall–Kier alpha value is -7.69. The molecule has 11 aromatic rings. The molecule has 4 aliphatic rings. The monoisotopic (exact) mass is 983 g/mol. The number of rotatable bonds is 2. The third-order valence-corrected chi connectivity index (χ3v) is 17.8. The van der Waals surface area contributed by atoms with Gasteiger partial charge in [0.05, 0.1) is 11.0 Å². The molecule has 76 heavy (non-hydrogen) atoms. The summed E-state index contributed by atoms with van der Waals surface area (Å²) in [6.45, 7) is 28.2. The third-order valence-electron chi connectivity index (χ3n) is 17.8. The molecule has 6 heteroatoms. The zero-order valence-electron chi connectivity index (χ0n) is 46.1. The SMILES string of the molecule is CC(C)(C)c1ccc2c(c1)c1cc(C(C)(C)C)cc3c1n2-c1cccc2c1B3c1cc3c(cc1N2c1ccccc1)B1c2c(cccc2-n2c4ccc(C(C)(C)C)cc4c4cc(C(C)(C)C)cc1c42)N3c1ccccc1. The Balaban J connectivity index is 1.10. The zero-order chi connectivity index (χ0) is 52.3. The van der Waals surface area contributed by atoms with E-state index in [-0.39, 0.29) is 35.1 Å². The average molecular weight is 983 g/mol. The maximum absolute atomic E-state index is 2.64. The van der Waals surface area contributed by atoms with E-state index in [1.54, 1.807) is 0 Å². The summed E-state index contributed by atoms with van der Waals surface area (Å²) in [5, 5.41) is 5.33. The number of hydrogen-bond acceptors (Lipinski definition) is 2. The van der Waals surface area contributed by atoms with Gasteiger partial charge in [-0.1, -0.05) is 156 Å². The van der Waals surface area contributed by atoms with Gasteiger partial charge in [0.15, 0.2) is 0 Å². The minimum Gasteiger partial charge on any atom is -0.311 e. The molecule has 2 aromatic heterocycles. The Morgan fingerprint density at radius 2 is 0.645 bits per heavy atom. The van der Waals surface area contributed by atoms with Gasteiger partial charge in [0, 0.05) is 78.1 Å². The first-order valence-electron chi connectivity index (χ1n) is 27.7. The van der Waals surface area contributed by atoms with Crippen LogP contribution in [0.15, 0.2) is 170 Å². The lowest BCUT2D eigenvalue weighted by Crippen LogP contribution is -2.63. The summed E-state index contributed by atoms with van der Waals surface area (Å²) in [6, 6.07) is 66.6.